The first-order valence-corrected chi connectivity index (χ1v) is 5.77. The van der Waals surface area contributed by atoms with Gasteiger partial charge in [0, 0.05) is 13.6 Å². The molecule has 0 N–H and O–H groups in total. The number of halogens is 2. The number of benzene rings is 1. The van der Waals surface area contributed by atoms with Gasteiger partial charge in [0.25, 0.3) is 0 Å². The average Bonchev–Trinajstić information content (AvgIpc) is 2.56. The highest BCUT2D eigenvalue weighted by molar-refractivity contribution is 14.1. The quantitative estimate of drug-likeness (QED) is 0.713. The van der Waals surface area contributed by atoms with Gasteiger partial charge < -0.3 is 4.74 Å². The van der Waals surface area contributed by atoms with Gasteiger partial charge in [-0.1, -0.05) is 15.9 Å². The van der Waals surface area contributed by atoms with Gasteiger partial charge in [-0.3, -0.25) is 0 Å². The molecule has 0 unspecified atom stereocenters. The molecule has 1 aromatic carbocycles. The minimum absolute atomic E-state index is 0.710. The van der Waals surface area contributed by atoms with Crippen molar-refractivity contribution in [2.24, 2.45) is 4.99 Å². The predicted octanol–water partition coefficient (Wildman–Crippen LogP) is 2.83. The van der Waals surface area contributed by atoms with E-state index in [4.69, 9.17) is 4.74 Å². The standard InChI is InChI=1S/C9H7BrINO/c10-6-1-2-7(8(11)5-6)9-12-3-4-13-9/h1-2,5H,3-4H2. The van der Waals surface area contributed by atoms with Crippen molar-refractivity contribution in [1.29, 1.82) is 0 Å². The Bertz CT molecular complexity index is 365. The minimum atomic E-state index is 0.710. The van der Waals surface area contributed by atoms with Crippen LogP contribution in [0.4, 0.5) is 0 Å². The first kappa shape index (κ1) is 9.45. The summed E-state index contributed by atoms with van der Waals surface area (Å²) in [6, 6.07) is 6.08. The zero-order chi connectivity index (χ0) is 9.26. The van der Waals surface area contributed by atoms with E-state index < -0.39 is 0 Å². The normalized spacial score (nSPS) is 15.4. The highest BCUT2D eigenvalue weighted by atomic mass is 127. The Balaban J connectivity index is 2.40. The van der Waals surface area contributed by atoms with Crippen LogP contribution < -0.4 is 0 Å². The third-order valence-electron chi connectivity index (χ3n) is 1.75. The zero-order valence-corrected chi connectivity index (χ0v) is 10.5. The van der Waals surface area contributed by atoms with Crippen LogP contribution in [0, 0.1) is 3.57 Å². The van der Waals surface area contributed by atoms with Crippen LogP contribution in [0.25, 0.3) is 0 Å². The Morgan fingerprint density at radius 1 is 1.46 bits per heavy atom. The van der Waals surface area contributed by atoms with Crippen molar-refractivity contribution in [3.63, 3.8) is 0 Å². The maximum Gasteiger partial charge on any atom is 0.217 e. The Hall–Kier alpha value is -0.100. The van der Waals surface area contributed by atoms with E-state index in [1.165, 1.54) is 0 Å². The molecule has 0 bridgehead atoms. The molecule has 0 spiro atoms. The molecule has 1 heterocycles. The second-order valence-corrected chi connectivity index (χ2v) is 4.74. The lowest BCUT2D eigenvalue weighted by Gasteiger charge is -2.04. The lowest BCUT2D eigenvalue weighted by Crippen LogP contribution is -2.03. The molecule has 0 atom stereocenters. The molecule has 1 aromatic rings. The first-order valence-electron chi connectivity index (χ1n) is 3.90. The number of ether oxygens (including phenoxy) is 1. The molecule has 13 heavy (non-hydrogen) atoms. The molecule has 0 fully saturated rings. The van der Waals surface area contributed by atoms with Crippen molar-refractivity contribution in [1.82, 2.24) is 0 Å². The summed E-state index contributed by atoms with van der Waals surface area (Å²) in [7, 11) is 0. The average molecular weight is 352 g/mol. The van der Waals surface area contributed by atoms with Gasteiger partial charge in [0.15, 0.2) is 0 Å². The molecule has 0 aromatic heterocycles. The number of rotatable bonds is 1. The molecule has 68 valence electrons. The van der Waals surface area contributed by atoms with Crippen LogP contribution in [0.15, 0.2) is 27.7 Å². The van der Waals surface area contributed by atoms with Crippen LogP contribution in [0.3, 0.4) is 0 Å². The fraction of sp³-hybridized carbons (Fsp3) is 0.222. The maximum atomic E-state index is 5.39. The molecule has 4 heteroatoms. The third kappa shape index (κ3) is 2.04. The van der Waals surface area contributed by atoms with Crippen LogP contribution in [-0.4, -0.2) is 19.0 Å². The van der Waals surface area contributed by atoms with Crippen molar-refractivity contribution < 1.29 is 4.74 Å². The Kier molecular flexibility index (Phi) is 2.88. The van der Waals surface area contributed by atoms with E-state index in [2.05, 4.69) is 49.6 Å². The highest BCUT2D eigenvalue weighted by Gasteiger charge is 2.12. The largest absolute Gasteiger partial charge is 0.475 e. The molecule has 1 aliphatic heterocycles. The SMILES string of the molecule is Brc1ccc(C2=NCCO2)c(I)c1. The minimum Gasteiger partial charge on any atom is -0.475 e. The van der Waals surface area contributed by atoms with Gasteiger partial charge in [-0.25, -0.2) is 4.99 Å². The van der Waals surface area contributed by atoms with Crippen LogP contribution in [-0.2, 0) is 4.74 Å². The fourth-order valence-electron chi connectivity index (χ4n) is 1.16. The molecule has 0 amide bonds. The predicted molar refractivity (Wildman–Crippen MR) is 64.2 cm³/mol. The van der Waals surface area contributed by atoms with Crippen molar-refractivity contribution in [3.8, 4) is 0 Å². The van der Waals surface area contributed by atoms with Gasteiger partial charge in [0.05, 0.1) is 6.54 Å². The van der Waals surface area contributed by atoms with Gasteiger partial charge in [-0.15, -0.1) is 0 Å². The third-order valence-corrected chi connectivity index (χ3v) is 3.13. The summed E-state index contributed by atoms with van der Waals surface area (Å²) < 4.78 is 7.63. The van der Waals surface area contributed by atoms with Crippen LogP contribution >= 0.6 is 38.5 Å². The zero-order valence-electron chi connectivity index (χ0n) is 6.76. The molecular weight excluding hydrogens is 345 g/mol. The Morgan fingerprint density at radius 3 is 2.92 bits per heavy atom. The van der Waals surface area contributed by atoms with Gasteiger partial charge in [-0.2, -0.15) is 0 Å². The Morgan fingerprint density at radius 2 is 2.31 bits per heavy atom. The van der Waals surface area contributed by atoms with Crippen molar-refractivity contribution in [2.75, 3.05) is 13.2 Å². The molecular formula is C9H7BrINO. The maximum absolute atomic E-state index is 5.39. The summed E-state index contributed by atoms with van der Waals surface area (Å²) in [6.45, 7) is 1.49. The first-order chi connectivity index (χ1) is 6.27. The van der Waals surface area contributed by atoms with Crippen LogP contribution in [0.5, 0.6) is 0 Å². The second-order valence-electron chi connectivity index (χ2n) is 2.66. The topological polar surface area (TPSA) is 21.6 Å². The summed E-state index contributed by atoms with van der Waals surface area (Å²) in [6.07, 6.45) is 0. The molecule has 0 radical (unpaired) electrons. The summed E-state index contributed by atoms with van der Waals surface area (Å²) in [4.78, 5) is 4.27. The van der Waals surface area contributed by atoms with Crippen molar-refractivity contribution >= 4 is 44.4 Å². The summed E-state index contributed by atoms with van der Waals surface area (Å²) >= 11 is 5.70. The van der Waals surface area contributed by atoms with E-state index in [0.29, 0.717) is 6.61 Å². The number of hydrogen-bond donors (Lipinski definition) is 0. The Labute approximate surface area is 98.7 Å². The summed E-state index contributed by atoms with van der Waals surface area (Å²) in [5, 5.41) is 0. The molecule has 1 aliphatic rings. The van der Waals surface area contributed by atoms with E-state index in [0.717, 1.165) is 26.0 Å². The lowest BCUT2D eigenvalue weighted by molar-refractivity contribution is 0.348. The highest BCUT2D eigenvalue weighted by Crippen LogP contribution is 2.20. The summed E-state index contributed by atoms with van der Waals surface area (Å²) in [5.41, 5.74) is 1.08. The van der Waals surface area contributed by atoms with E-state index >= 15 is 0 Å². The molecule has 2 nitrogen and oxygen atoms in total. The van der Waals surface area contributed by atoms with Gasteiger partial charge in [-0.05, 0) is 40.8 Å². The number of nitrogens with zero attached hydrogens (tertiary/aromatic N) is 1. The summed E-state index contributed by atoms with van der Waals surface area (Å²) in [5.74, 6) is 0.775. The monoisotopic (exact) mass is 351 g/mol. The fourth-order valence-corrected chi connectivity index (χ4v) is 2.70. The molecule has 2 rings (SSSR count). The van der Waals surface area contributed by atoms with Crippen LogP contribution in [0.2, 0.25) is 0 Å². The second kappa shape index (κ2) is 3.96. The van der Waals surface area contributed by atoms with Gasteiger partial charge in [0.1, 0.15) is 6.61 Å². The van der Waals surface area contributed by atoms with Crippen molar-refractivity contribution in [2.45, 2.75) is 0 Å². The van der Waals surface area contributed by atoms with E-state index in [9.17, 15) is 0 Å². The van der Waals surface area contributed by atoms with Crippen molar-refractivity contribution in [3.05, 3.63) is 31.8 Å². The van der Waals surface area contributed by atoms with E-state index in [1.807, 2.05) is 12.1 Å². The number of aliphatic imine (C=N–C) groups is 1. The molecule has 0 aliphatic carbocycles. The van der Waals surface area contributed by atoms with Crippen LogP contribution in [0.1, 0.15) is 5.56 Å². The smallest absolute Gasteiger partial charge is 0.217 e. The van der Waals surface area contributed by atoms with Gasteiger partial charge in [0.2, 0.25) is 5.90 Å². The van der Waals surface area contributed by atoms with Gasteiger partial charge >= 0.3 is 0 Å². The van der Waals surface area contributed by atoms with E-state index in [-0.39, 0.29) is 0 Å². The lowest BCUT2D eigenvalue weighted by atomic mass is 10.2. The molecule has 0 saturated heterocycles. The molecule has 0 saturated carbocycles. The number of hydrogen-bond acceptors (Lipinski definition) is 2. The van der Waals surface area contributed by atoms with E-state index in [1.54, 1.807) is 0 Å².